The van der Waals surface area contributed by atoms with Crippen LogP contribution in [-0.4, -0.2) is 33.4 Å². The Labute approximate surface area is 132 Å². The van der Waals surface area contributed by atoms with Gasteiger partial charge in [0.1, 0.15) is 5.82 Å². The number of hydrogen-bond donors (Lipinski definition) is 1. The van der Waals surface area contributed by atoms with Crippen LogP contribution in [0, 0.1) is 0 Å². The van der Waals surface area contributed by atoms with Crippen molar-refractivity contribution in [3.8, 4) is 10.7 Å². The molecule has 1 aliphatic rings. The minimum atomic E-state index is 0.124. The first-order valence-corrected chi connectivity index (χ1v) is 8.45. The fraction of sp³-hybridized carbons (Fsp3) is 0.294. The number of benzene rings is 1. The largest absolute Gasteiger partial charge is 0.337 e. The lowest BCUT2D eigenvalue weighted by atomic mass is 10.1. The molecule has 0 saturated carbocycles. The quantitative estimate of drug-likeness (QED) is 0.780. The summed E-state index contributed by atoms with van der Waals surface area (Å²) in [5, 5.41) is 2.03. The third kappa shape index (κ3) is 2.22. The van der Waals surface area contributed by atoms with Gasteiger partial charge >= 0.3 is 0 Å². The van der Waals surface area contributed by atoms with E-state index in [0.29, 0.717) is 6.04 Å². The molecule has 4 nitrogen and oxygen atoms in total. The van der Waals surface area contributed by atoms with Crippen LogP contribution in [0.15, 0.2) is 35.7 Å². The number of nitrogens with zero attached hydrogens (tertiary/aromatic N) is 2. The van der Waals surface area contributed by atoms with Crippen LogP contribution in [0.1, 0.15) is 30.1 Å². The molecule has 3 aromatic rings. The van der Waals surface area contributed by atoms with E-state index in [1.165, 1.54) is 0 Å². The van der Waals surface area contributed by atoms with Gasteiger partial charge in [-0.25, -0.2) is 4.98 Å². The van der Waals surface area contributed by atoms with E-state index in [0.717, 1.165) is 46.7 Å². The second kappa shape index (κ2) is 5.25. The van der Waals surface area contributed by atoms with E-state index in [1.54, 1.807) is 11.3 Å². The number of amides is 1. The van der Waals surface area contributed by atoms with Crippen molar-refractivity contribution in [1.29, 1.82) is 0 Å². The predicted octanol–water partition coefficient (Wildman–Crippen LogP) is 3.92. The molecule has 1 fully saturated rings. The normalized spacial score (nSPS) is 18.2. The summed E-state index contributed by atoms with van der Waals surface area (Å²) in [6.07, 6.45) is 2.20. The number of hydrogen-bond acceptors (Lipinski definition) is 3. The van der Waals surface area contributed by atoms with Gasteiger partial charge in [-0.2, -0.15) is 0 Å². The summed E-state index contributed by atoms with van der Waals surface area (Å²) >= 11 is 1.65. The van der Waals surface area contributed by atoms with Gasteiger partial charge in [0.25, 0.3) is 5.91 Å². The number of aromatic amines is 1. The van der Waals surface area contributed by atoms with E-state index in [-0.39, 0.29) is 5.91 Å². The van der Waals surface area contributed by atoms with E-state index < -0.39 is 0 Å². The summed E-state index contributed by atoms with van der Waals surface area (Å²) < 4.78 is 0. The molecule has 1 N–H and O–H groups in total. The highest BCUT2D eigenvalue weighted by atomic mass is 32.1. The van der Waals surface area contributed by atoms with Crippen LogP contribution < -0.4 is 0 Å². The molecule has 1 amide bonds. The Morgan fingerprint density at radius 2 is 2.32 bits per heavy atom. The fourth-order valence-electron chi connectivity index (χ4n) is 3.07. The van der Waals surface area contributed by atoms with Crippen LogP contribution >= 0.6 is 11.3 Å². The predicted molar refractivity (Wildman–Crippen MR) is 89.1 cm³/mol. The molecule has 0 radical (unpaired) electrons. The van der Waals surface area contributed by atoms with Crippen molar-refractivity contribution < 1.29 is 4.79 Å². The van der Waals surface area contributed by atoms with Crippen LogP contribution in [0.3, 0.4) is 0 Å². The van der Waals surface area contributed by atoms with E-state index >= 15 is 0 Å². The first kappa shape index (κ1) is 13.5. The zero-order valence-electron chi connectivity index (χ0n) is 12.4. The van der Waals surface area contributed by atoms with Crippen molar-refractivity contribution >= 4 is 28.3 Å². The van der Waals surface area contributed by atoms with Crippen molar-refractivity contribution in [2.24, 2.45) is 0 Å². The maximum Gasteiger partial charge on any atom is 0.254 e. The first-order chi connectivity index (χ1) is 10.7. The van der Waals surface area contributed by atoms with Gasteiger partial charge < -0.3 is 9.88 Å². The Morgan fingerprint density at radius 1 is 1.41 bits per heavy atom. The Kier molecular flexibility index (Phi) is 3.22. The number of likely N-dealkylation sites (tertiary alicyclic amines) is 1. The van der Waals surface area contributed by atoms with Crippen LogP contribution in [0.4, 0.5) is 0 Å². The summed E-state index contributed by atoms with van der Waals surface area (Å²) in [6, 6.07) is 10.1. The molecule has 1 unspecified atom stereocenters. The zero-order valence-corrected chi connectivity index (χ0v) is 13.2. The maximum absolute atomic E-state index is 12.6. The van der Waals surface area contributed by atoms with Crippen molar-refractivity contribution in [3.05, 3.63) is 41.3 Å². The number of carbonyl (C=O) groups is 1. The topological polar surface area (TPSA) is 49.0 Å². The number of fused-ring (bicyclic) bond motifs is 1. The molecule has 0 spiro atoms. The zero-order chi connectivity index (χ0) is 15.1. The Bertz CT molecular complexity index is 822. The smallest absolute Gasteiger partial charge is 0.254 e. The number of rotatable bonds is 2. The number of H-pyrrole nitrogens is 1. The summed E-state index contributed by atoms with van der Waals surface area (Å²) in [6.45, 7) is 2.98. The fourth-order valence-corrected chi connectivity index (χ4v) is 3.74. The summed E-state index contributed by atoms with van der Waals surface area (Å²) in [5.74, 6) is 0.989. The number of aromatic nitrogens is 2. The number of imidazole rings is 1. The summed E-state index contributed by atoms with van der Waals surface area (Å²) in [4.78, 5) is 23.6. The van der Waals surface area contributed by atoms with Crippen molar-refractivity contribution in [2.75, 3.05) is 6.54 Å². The lowest BCUT2D eigenvalue weighted by Gasteiger charge is -2.21. The third-order valence-corrected chi connectivity index (χ3v) is 5.17. The van der Waals surface area contributed by atoms with Crippen LogP contribution in [-0.2, 0) is 0 Å². The highest BCUT2D eigenvalue weighted by Gasteiger charge is 2.26. The lowest BCUT2D eigenvalue weighted by Crippen LogP contribution is -2.33. The van der Waals surface area contributed by atoms with Gasteiger partial charge in [-0.1, -0.05) is 6.07 Å². The van der Waals surface area contributed by atoms with Gasteiger partial charge in [0.2, 0.25) is 0 Å². The Morgan fingerprint density at radius 3 is 3.05 bits per heavy atom. The number of carbonyl (C=O) groups excluding carboxylic acids is 1. The molecule has 1 aromatic carbocycles. The van der Waals surface area contributed by atoms with Crippen molar-refractivity contribution in [1.82, 2.24) is 14.9 Å². The second-order valence-electron chi connectivity index (χ2n) is 5.78. The minimum Gasteiger partial charge on any atom is -0.337 e. The molecule has 3 heterocycles. The van der Waals surface area contributed by atoms with Gasteiger partial charge in [-0.15, -0.1) is 11.3 Å². The molecule has 2 aromatic heterocycles. The van der Waals surface area contributed by atoms with Crippen molar-refractivity contribution in [3.63, 3.8) is 0 Å². The molecule has 1 aliphatic heterocycles. The van der Waals surface area contributed by atoms with Gasteiger partial charge in [-0.05, 0) is 49.4 Å². The molecule has 5 heteroatoms. The number of nitrogens with one attached hydrogen (secondary N) is 1. The highest BCUT2D eigenvalue weighted by molar-refractivity contribution is 7.13. The third-order valence-electron chi connectivity index (χ3n) is 4.30. The summed E-state index contributed by atoms with van der Waals surface area (Å²) in [5.41, 5.74) is 2.55. The van der Waals surface area contributed by atoms with E-state index in [1.807, 2.05) is 40.6 Å². The Balaban J connectivity index is 1.70. The molecule has 0 aliphatic carbocycles. The molecule has 22 heavy (non-hydrogen) atoms. The number of thiophene rings is 1. The Hall–Kier alpha value is -2.14. The second-order valence-corrected chi connectivity index (χ2v) is 6.73. The van der Waals surface area contributed by atoms with E-state index in [4.69, 9.17) is 0 Å². The molecule has 1 atom stereocenters. The molecule has 4 rings (SSSR count). The van der Waals surface area contributed by atoms with Crippen LogP contribution in [0.2, 0.25) is 0 Å². The SMILES string of the molecule is CC1CCCN1C(=O)c1ccc2nc(-c3cccs3)[nH]c2c1. The maximum atomic E-state index is 12.6. The molecule has 1 saturated heterocycles. The van der Waals surface area contributed by atoms with Gasteiger partial charge in [0.05, 0.1) is 15.9 Å². The average molecular weight is 311 g/mol. The van der Waals surface area contributed by atoms with Gasteiger partial charge in [0.15, 0.2) is 0 Å². The molecular weight excluding hydrogens is 294 g/mol. The molecule has 112 valence electrons. The van der Waals surface area contributed by atoms with Gasteiger partial charge in [-0.3, -0.25) is 4.79 Å². The van der Waals surface area contributed by atoms with Crippen LogP contribution in [0.5, 0.6) is 0 Å². The highest BCUT2D eigenvalue weighted by Crippen LogP contribution is 2.26. The first-order valence-electron chi connectivity index (χ1n) is 7.57. The minimum absolute atomic E-state index is 0.124. The standard InChI is InChI=1S/C17H17N3OS/c1-11-4-2-8-20(11)17(21)12-6-7-13-14(10-12)19-16(18-13)15-5-3-9-22-15/h3,5-7,9-11H,2,4,8H2,1H3,(H,18,19). The van der Waals surface area contributed by atoms with Crippen molar-refractivity contribution in [2.45, 2.75) is 25.8 Å². The monoisotopic (exact) mass is 311 g/mol. The lowest BCUT2D eigenvalue weighted by molar-refractivity contribution is 0.0747. The molecular formula is C17H17N3OS. The average Bonchev–Trinajstić information content (AvgIpc) is 3.25. The summed E-state index contributed by atoms with van der Waals surface area (Å²) in [7, 11) is 0. The van der Waals surface area contributed by atoms with E-state index in [2.05, 4.69) is 16.9 Å². The molecule has 0 bridgehead atoms. The van der Waals surface area contributed by atoms with E-state index in [9.17, 15) is 4.79 Å². The van der Waals surface area contributed by atoms with Crippen LogP contribution in [0.25, 0.3) is 21.7 Å². The van der Waals surface area contributed by atoms with Gasteiger partial charge in [0, 0.05) is 18.2 Å².